The van der Waals surface area contributed by atoms with E-state index in [9.17, 15) is 31.1 Å². The van der Waals surface area contributed by atoms with E-state index >= 15 is 0 Å². The van der Waals surface area contributed by atoms with Crippen molar-refractivity contribution < 1.29 is 31.1 Å². The predicted octanol–water partition coefficient (Wildman–Crippen LogP) is 3.88. The third-order valence-corrected chi connectivity index (χ3v) is 3.44. The summed E-state index contributed by atoms with van der Waals surface area (Å²) >= 11 is 5.58. The van der Waals surface area contributed by atoms with Gasteiger partial charge in [-0.3, -0.25) is 10.1 Å². The van der Waals surface area contributed by atoms with Crippen LogP contribution in [-0.4, -0.2) is 21.1 Å². The highest BCUT2D eigenvalue weighted by atomic mass is 35.5. The van der Waals surface area contributed by atoms with Gasteiger partial charge in [0, 0.05) is 6.20 Å². The van der Waals surface area contributed by atoms with E-state index < -0.39 is 44.7 Å². The van der Waals surface area contributed by atoms with Gasteiger partial charge >= 0.3 is 12.4 Å². The van der Waals surface area contributed by atoms with Crippen molar-refractivity contribution in [1.82, 2.24) is 15.2 Å². The number of nitrogens with one attached hydrogen (secondary N) is 1. The Balaban J connectivity index is 2.20. The largest absolute Gasteiger partial charge is 0.445 e. The number of carbonyl (C=O) groups is 1. The first-order valence-corrected chi connectivity index (χ1v) is 6.62. The molecule has 2 heterocycles. The third kappa shape index (κ3) is 4.07. The summed E-state index contributed by atoms with van der Waals surface area (Å²) in [7, 11) is 0. The summed E-state index contributed by atoms with van der Waals surface area (Å²) in [6.07, 6.45) is -9.06. The highest BCUT2D eigenvalue weighted by molar-refractivity contribution is 7.15. The number of pyridine rings is 1. The molecule has 0 atom stereocenters. The van der Waals surface area contributed by atoms with Gasteiger partial charge in [0.1, 0.15) is 5.69 Å². The van der Waals surface area contributed by atoms with E-state index in [4.69, 9.17) is 11.6 Å². The predicted molar refractivity (Wildman–Crippen MR) is 67.1 cm³/mol. The van der Waals surface area contributed by atoms with Crippen LogP contribution in [0.2, 0.25) is 5.02 Å². The van der Waals surface area contributed by atoms with Gasteiger partial charge < -0.3 is 0 Å². The number of rotatable bonds is 2. The van der Waals surface area contributed by atoms with E-state index in [-0.39, 0.29) is 11.3 Å². The lowest BCUT2D eigenvalue weighted by Gasteiger charge is -2.08. The Morgan fingerprint density at radius 2 is 1.78 bits per heavy atom. The maximum absolute atomic E-state index is 12.4. The van der Waals surface area contributed by atoms with Gasteiger partial charge in [-0.1, -0.05) is 22.9 Å². The smallest absolute Gasteiger partial charge is 0.295 e. The molecule has 0 aliphatic carbocycles. The van der Waals surface area contributed by atoms with Gasteiger partial charge in [0.05, 0.1) is 10.6 Å². The van der Waals surface area contributed by atoms with E-state index in [1.54, 1.807) is 0 Å². The van der Waals surface area contributed by atoms with Crippen molar-refractivity contribution in [2.45, 2.75) is 12.4 Å². The monoisotopic (exact) mass is 376 g/mol. The van der Waals surface area contributed by atoms with Crippen molar-refractivity contribution in [3.05, 3.63) is 33.6 Å². The topological polar surface area (TPSA) is 67.8 Å². The second-order valence-corrected chi connectivity index (χ2v) is 5.30. The minimum absolute atomic E-state index is 0.0461. The van der Waals surface area contributed by atoms with Gasteiger partial charge in [-0.05, 0) is 6.07 Å². The summed E-state index contributed by atoms with van der Waals surface area (Å²) in [4.78, 5) is 15.0. The Morgan fingerprint density at radius 3 is 2.26 bits per heavy atom. The molecule has 13 heteroatoms. The first kappa shape index (κ1) is 17.4. The maximum atomic E-state index is 12.4. The lowest BCUT2D eigenvalue weighted by atomic mass is 10.2. The highest BCUT2D eigenvalue weighted by Gasteiger charge is 2.36. The molecule has 0 bridgehead atoms. The van der Waals surface area contributed by atoms with E-state index in [0.717, 1.165) is 0 Å². The Morgan fingerprint density at radius 1 is 1.13 bits per heavy atom. The average molecular weight is 377 g/mol. The van der Waals surface area contributed by atoms with Crippen LogP contribution in [0.5, 0.6) is 0 Å². The number of aromatic nitrogens is 3. The van der Waals surface area contributed by atoms with Crippen molar-refractivity contribution >= 4 is 34.0 Å². The number of alkyl halides is 6. The zero-order valence-electron chi connectivity index (χ0n) is 10.5. The first-order valence-electron chi connectivity index (χ1n) is 5.43. The van der Waals surface area contributed by atoms with Crippen molar-refractivity contribution in [1.29, 1.82) is 0 Å². The van der Waals surface area contributed by atoms with Gasteiger partial charge in [0.2, 0.25) is 10.1 Å². The van der Waals surface area contributed by atoms with Crippen LogP contribution in [0.4, 0.5) is 31.5 Å². The number of carbonyl (C=O) groups excluding carboxylic acids is 1. The molecule has 0 spiro atoms. The second kappa shape index (κ2) is 5.92. The fraction of sp³-hybridized carbons (Fsp3) is 0.200. The van der Waals surface area contributed by atoms with E-state index in [1.807, 2.05) is 5.32 Å². The molecule has 5 nitrogen and oxygen atoms in total. The van der Waals surface area contributed by atoms with Crippen LogP contribution in [0.25, 0.3) is 0 Å². The molecule has 1 amide bonds. The molecule has 0 fully saturated rings. The molecule has 2 aromatic heterocycles. The van der Waals surface area contributed by atoms with Crippen molar-refractivity contribution in [3.8, 4) is 0 Å². The van der Waals surface area contributed by atoms with Crippen molar-refractivity contribution in [3.63, 3.8) is 0 Å². The molecule has 2 aromatic rings. The van der Waals surface area contributed by atoms with Crippen LogP contribution in [0.3, 0.4) is 0 Å². The zero-order valence-corrected chi connectivity index (χ0v) is 12.0. The van der Waals surface area contributed by atoms with Gasteiger partial charge in [-0.25, -0.2) is 4.98 Å². The van der Waals surface area contributed by atoms with Crippen LogP contribution in [0, 0.1) is 0 Å². The average Bonchev–Trinajstić information content (AvgIpc) is 2.85. The Labute approximate surface area is 132 Å². The molecule has 0 aliphatic heterocycles. The van der Waals surface area contributed by atoms with E-state index in [1.165, 1.54) is 0 Å². The second-order valence-electron chi connectivity index (χ2n) is 3.92. The Hall–Kier alpha value is -1.95. The van der Waals surface area contributed by atoms with E-state index in [2.05, 4.69) is 15.2 Å². The molecular formula is C10H3ClF6N4OS. The molecule has 1 N–H and O–H groups in total. The highest BCUT2D eigenvalue weighted by Crippen LogP contribution is 2.34. The molecule has 0 saturated heterocycles. The molecule has 0 saturated carbocycles. The summed E-state index contributed by atoms with van der Waals surface area (Å²) < 4.78 is 74.3. The van der Waals surface area contributed by atoms with Crippen LogP contribution in [0.15, 0.2) is 12.3 Å². The van der Waals surface area contributed by atoms with Crippen LogP contribution >= 0.6 is 22.9 Å². The molecule has 0 aliphatic rings. The number of amides is 1. The molecule has 124 valence electrons. The number of nitrogens with zero attached hydrogens (tertiary/aromatic N) is 3. The molecule has 0 unspecified atom stereocenters. The van der Waals surface area contributed by atoms with E-state index in [0.29, 0.717) is 12.3 Å². The standard InChI is InChI=1S/C10H3ClF6N4OS/c11-4-1-3(9(12,13)14)2-18-5(4)6(22)19-8-21-20-7(23-8)10(15,16)17/h1-2H,(H,19,21,22). The third-order valence-electron chi connectivity index (χ3n) is 2.27. The number of hydrogen-bond acceptors (Lipinski definition) is 5. The fourth-order valence-electron chi connectivity index (χ4n) is 1.30. The molecule has 0 aromatic carbocycles. The van der Waals surface area contributed by atoms with Gasteiger partial charge in [0.25, 0.3) is 5.91 Å². The molecule has 2 rings (SSSR count). The Bertz CT molecular complexity index is 744. The molecule has 23 heavy (non-hydrogen) atoms. The van der Waals surface area contributed by atoms with Gasteiger partial charge in [0.15, 0.2) is 0 Å². The summed E-state index contributed by atoms with van der Waals surface area (Å²) in [5.74, 6) is -1.12. The lowest BCUT2D eigenvalue weighted by molar-refractivity contribution is -0.138. The van der Waals surface area contributed by atoms with Gasteiger partial charge in [-0.2, -0.15) is 26.3 Å². The van der Waals surface area contributed by atoms with Crippen LogP contribution in [-0.2, 0) is 12.4 Å². The minimum Gasteiger partial charge on any atom is -0.295 e. The fourth-order valence-corrected chi connectivity index (χ4v) is 2.16. The van der Waals surface area contributed by atoms with Crippen LogP contribution < -0.4 is 5.32 Å². The number of hydrogen-bond donors (Lipinski definition) is 1. The normalized spacial score (nSPS) is 12.3. The summed E-state index contributed by atoms with van der Waals surface area (Å²) in [5, 5.41) is 5.45. The number of halogens is 7. The SMILES string of the molecule is O=C(Nc1nnc(C(F)(F)F)s1)c1ncc(C(F)(F)F)cc1Cl. The quantitative estimate of drug-likeness (QED) is 0.808. The van der Waals surface area contributed by atoms with Crippen molar-refractivity contribution in [2.24, 2.45) is 0 Å². The summed E-state index contributed by atoms with van der Waals surface area (Å²) in [6.45, 7) is 0. The van der Waals surface area contributed by atoms with Gasteiger partial charge in [-0.15, -0.1) is 10.2 Å². The maximum Gasteiger partial charge on any atom is 0.445 e. The minimum atomic E-state index is -4.73. The van der Waals surface area contributed by atoms with Crippen molar-refractivity contribution in [2.75, 3.05) is 5.32 Å². The lowest BCUT2D eigenvalue weighted by Crippen LogP contribution is -2.15. The molecule has 0 radical (unpaired) electrons. The summed E-state index contributed by atoms with van der Waals surface area (Å²) in [5.41, 5.74) is -1.77. The summed E-state index contributed by atoms with van der Waals surface area (Å²) in [6, 6.07) is 0.477. The Kier molecular flexibility index (Phi) is 4.48. The van der Waals surface area contributed by atoms with Crippen LogP contribution in [0.1, 0.15) is 21.1 Å². The zero-order chi connectivity index (χ0) is 17.4. The molecular weight excluding hydrogens is 374 g/mol. The first-order chi connectivity index (χ1) is 10.5. The number of anilines is 1.